The number of carboxylic acid groups (broad SMARTS) is 1. The van der Waals surface area contributed by atoms with Crippen molar-refractivity contribution in [2.45, 2.75) is 32.6 Å². The van der Waals surface area contributed by atoms with Gasteiger partial charge in [0.2, 0.25) is 0 Å². The zero-order valence-corrected chi connectivity index (χ0v) is 13.6. The summed E-state index contributed by atoms with van der Waals surface area (Å²) in [6, 6.07) is 5.31. The minimum atomic E-state index is -0.796. The van der Waals surface area contributed by atoms with E-state index in [1.54, 1.807) is 18.2 Å². The third-order valence-corrected chi connectivity index (χ3v) is 4.45. The van der Waals surface area contributed by atoms with Crippen molar-refractivity contribution >= 4 is 27.7 Å². The van der Waals surface area contributed by atoms with E-state index in [1.807, 2.05) is 6.92 Å². The van der Waals surface area contributed by atoms with Gasteiger partial charge in [-0.05, 0) is 59.8 Å². The van der Waals surface area contributed by atoms with Crippen LogP contribution in [0.3, 0.4) is 0 Å². The number of ether oxygens (including phenoxy) is 1. The Bertz CT molecular complexity index is 541. The molecule has 1 aliphatic carbocycles. The molecule has 2 rings (SSSR count). The van der Waals surface area contributed by atoms with Gasteiger partial charge in [-0.3, -0.25) is 9.59 Å². The fraction of sp³-hybridized carbons (Fsp3) is 0.500. The second-order valence-corrected chi connectivity index (χ2v) is 6.26. The number of Topliss-reactive ketones (excluding diaryl/α,β-unsaturated/α-hetero) is 1. The van der Waals surface area contributed by atoms with Crippen LogP contribution in [0.2, 0.25) is 0 Å². The minimum Gasteiger partial charge on any atom is -0.492 e. The standard InChI is InChI=1S/C16H19BrO4/c1-2-7-21-14-6-5-11(9-13(14)17)15(18)10-3-4-12(8-10)16(19)20/h5-6,9-10,12H,2-4,7-8H2,1H3,(H,19,20). The second kappa shape index (κ2) is 7.07. The van der Waals surface area contributed by atoms with Gasteiger partial charge >= 0.3 is 5.97 Å². The summed E-state index contributed by atoms with van der Waals surface area (Å²) in [6.45, 7) is 2.67. The molecule has 1 aromatic rings. The molecular weight excluding hydrogens is 336 g/mol. The molecule has 0 bridgehead atoms. The van der Waals surface area contributed by atoms with Crippen molar-refractivity contribution in [3.63, 3.8) is 0 Å². The van der Waals surface area contributed by atoms with Crippen molar-refractivity contribution in [3.05, 3.63) is 28.2 Å². The van der Waals surface area contributed by atoms with E-state index in [9.17, 15) is 9.59 Å². The Morgan fingerprint density at radius 3 is 2.62 bits per heavy atom. The van der Waals surface area contributed by atoms with E-state index < -0.39 is 5.97 Å². The molecule has 1 saturated carbocycles. The van der Waals surface area contributed by atoms with Gasteiger partial charge in [0.15, 0.2) is 5.78 Å². The van der Waals surface area contributed by atoms with Gasteiger partial charge < -0.3 is 9.84 Å². The van der Waals surface area contributed by atoms with Gasteiger partial charge in [0.1, 0.15) is 5.75 Å². The normalized spacial score (nSPS) is 21.2. The van der Waals surface area contributed by atoms with Crippen molar-refractivity contribution in [1.29, 1.82) is 0 Å². The molecule has 0 aliphatic heterocycles. The average molecular weight is 355 g/mol. The quantitative estimate of drug-likeness (QED) is 0.786. The van der Waals surface area contributed by atoms with Gasteiger partial charge in [-0.15, -0.1) is 0 Å². The number of hydrogen-bond donors (Lipinski definition) is 1. The fourth-order valence-electron chi connectivity index (χ4n) is 2.66. The van der Waals surface area contributed by atoms with E-state index in [2.05, 4.69) is 15.9 Å². The third kappa shape index (κ3) is 3.84. The predicted molar refractivity (Wildman–Crippen MR) is 82.7 cm³/mol. The minimum absolute atomic E-state index is 0.0292. The van der Waals surface area contributed by atoms with Crippen LogP contribution in [-0.4, -0.2) is 23.5 Å². The smallest absolute Gasteiger partial charge is 0.306 e. The van der Waals surface area contributed by atoms with Crippen LogP contribution in [-0.2, 0) is 4.79 Å². The van der Waals surface area contributed by atoms with Crippen LogP contribution < -0.4 is 4.74 Å². The van der Waals surface area contributed by atoms with Crippen molar-refractivity contribution in [1.82, 2.24) is 0 Å². The molecule has 5 heteroatoms. The molecule has 0 spiro atoms. The predicted octanol–water partition coefficient (Wildman–Crippen LogP) is 3.92. The van der Waals surface area contributed by atoms with Gasteiger partial charge in [0, 0.05) is 11.5 Å². The number of ketones is 1. The molecule has 0 radical (unpaired) electrons. The molecule has 1 aromatic carbocycles. The molecule has 0 saturated heterocycles. The summed E-state index contributed by atoms with van der Waals surface area (Å²) in [5, 5.41) is 9.01. The summed E-state index contributed by atoms with van der Waals surface area (Å²) >= 11 is 3.42. The maximum Gasteiger partial charge on any atom is 0.306 e. The maximum atomic E-state index is 12.4. The largest absolute Gasteiger partial charge is 0.492 e. The summed E-state index contributed by atoms with van der Waals surface area (Å²) in [4.78, 5) is 23.4. The number of hydrogen-bond acceptors (Lipinski definition) is 3. The van der Waals surface area contributed by atoms with E-state index in [4.69, 9.17) is 9.84 Å². The Morgan fingerprint density at radius 2 is 2.05 bits per heavy atom. The van der Waals surface area contributed by atoms with Crippen LogP contribution in [0.4, 0.5) is 0 Å². The van der Waals surface area contributed by atoms with Crippen molar-refractivity contribution in [2.24, 2.45) is 11.8 Å². The Morgan fingerprint density at radius 1 is 1.33 bits per heavy atom. The van der Waals surface area contributed by atoms with Gasteiger partial charge in [-0.2, -0.15) is 0 Å². The average Bonchev–Trinajstić information content (AvgIpc) is 2.95. The lowest BCUT2D eigenvalue weighted by Gasteiger charge is -2.11. The first-order valence-corrected chi connectivity index (χ1v) is 8.01. The SMILES string of the molecule is CCCOc1ccc(C(=O)C2CCC(C(=O)O)C2)cc1Br. The number of aliphatic carboxylic acids is 1. The zero-order valence-electron chi connectivity index (χ0n) is 12.0. The van der Waals surface area contributed by atoms with Crippen LogP contribution in [0.5, 0.6) is 5.75 Å². The Hall–Kier alpha value is -1.36. The second-order valence-electron chi connectivity index (χ2n) is 5.40. The van der Waals surface area contributed by atoms with Gasteiger partial charge in [-0.1, -0.05) is 6.92 Å². The Labute approximate surface area is 132 Å². The molecule has 2 unspecified atom stereocenters. The number of halogens is 1. The highest BCUT2D eigenvalue weighted by Crippen LogP contribution is 2.35. The summed E-state index contributed by atoms with van der Waals surface area (Å²) in [5.41, 5.74) is 0.613. The first-order valence-electron chi connectivity index (χ1n) is 7.22. The summed E-state index contributed by atoms with van der Waals surface area (Å²) in [6.07, 6.45) is 2.61. The van der Waals surface area contributed by atoms with Crippen LogP contribution in [0.15, 0.2) is 22.7 Å². The molecule has 1 N–H and O–H groups in total. The molecule has 0 amide bonds. The Balaban J connectivity index is 2.06. The van der Waals surface area contributed by atoms with Crippen LogP contribution in [0, 0.1) is 11.8 Å². The monoisotopic (exact) mass is 354 g/mol. The molecular formula is C16H19BrO4. The first kappa shape index (κ1) is 16.0. The molecule has 21 heavy (non-hydrogen) atoms. The number of carboxylic acids is 1. The summed E-state index contributed by atoms with van der Waals surface area (Å²) < 4.78 is 6.32. The number of benzene rings is 1. The lowest BCUT2D eigenvalue weighted by molar-refractivity contribution is -0.141. The topological polar surface area (TPSA) is 63.6 Å². The molecule has 0 aromatic heterocycles. The maximum absolute atomic E-state index is 12.4. The van der Waals surface area contributed by atoms with E-state index in [-0.39, 0.29) is 17.6 Å². The van der Waals surface area contributed by atoms with E-state index >= 15 is 0 Å². The number of carbonyl (C=O) groups is 2. The van der Waals surface area contributed by atoms with Crippen molar-refractivity contribution < 1.29 is 19.4 Å². The van der Waals surface area contributed by atoms with Gasteiger partial charge in [0.25, 0.3) is 0 Å². The van der Waals surface area contributed by atoms with E-state index in [1.165, 1.54) is 0 Å². The molecule has 114 valence electrons. The van der Waals surface area contributed by atoms with Gasteiger partial charge in [-0.25, -0.2) is 0 Å². The fourth-order valence-corrected chi connectivity index (χ4v) is 3.16. The highest BCUT2D eigenvalue weighted by molar-refractivity contribution is 9.10. The van der Waals surface area contributed by atoms with Crippen LogP contribution in [0.25, 0.3) is 0 Å². The lowest BCUT2D eigenvalue weighted by atomic mass is 9.95. The molecule has 1 fully saturated rings. The van der Waals surface area contributed by atoms with E-state index in [0.717, 1.165) is 16.6 Å². The lowest BCUT2D eigenvalue weighted by Crippen LogP contribution is -2.14. The summed E-state index contributed by atoms with van der Waals surface area (Å²) in [7, 11) is 0. The molecule has 0 heterocycles. The molecule has 1 aliphatic rings. The van der Waals surface area contributed by atoms with Crippen molar-refractivity contribution in [2.75, 3.05) is 6.61 Å². The number of carbonyl (C=O) groups excluding carboxylic acids is 1. The summed E-state index contributed by atoms with van der Waals surface area (Å²) in [5.74, 6) is -0.602. The molecule has 2 atom stereocenters. The highest BCUT2D eigenvalue weighted by Gasteiger charge is 2.34. The van der Waals surface area contributed by atoms with Crippen molar-refractivity contribution in [3.8, 4) is 5.75 Å². The Kier molecular flexibility index (Phi) is 5.39. The number of rotatable bonds is 6. The highest BCUT2D eigenvalue weighted by atomic mass is 79.9. The van der Waals surface area contributed by atoms with E-state index in [0.29, 0.717) is 31.4 Å². The first-order chi connectivity index (χ1) is 10.0. The molecule has 4 nitrogen and oxygen atoms in total. The zero-order chi connectivity index (χ0) is 15.4. The third-order valence-electron chi connectivity index (χ3n) is 3.83. The van der Waals surface area contributed by atoms with Crippen LogP contribution in [0.1, 0.15) is 43.0 Å². The van der Waals surface area contributed by atoms with Gasteiger partial charge in [0.05, 0.1) is 17.0 Å². The van der Waals surface area contributed by atoms with Crippen LogP contribution >= 0.6 is 15.9 Å².